The first-order valence-corrected chi connectivity index (χ1v) is 6.64. The van der Waals surface area contributed by atoms with Crippen LogP contribution in [0.4, 0.5) is 13.2 Å². The van der Waals surface area contributed by atoms with Gasteiger partial charge in [-0.15, -0.1) is 0 Å². The van der Waals surface area contributed by atoms with Gasteiger partial charge >= 0.3 is 6.18 Å². The number of fused-ring (bicyclic) bond motifs is 1. The number of nitrogens with zero attached hydrogens (tertiary/aromatic N) is 1. The smallest absolute Gasteiger partial charge is 0.417 e. The van der Waals surface area contributed by atoms with Gasteiger partial charge in [0.25, 0.3) is 0 Å². The van der Waals surface area contributed by atoms with Crippen LogP contribution in [-0.4, -0.2) is 17.1 Å². The topological polar surface area (TPSA) is 55.0 Å². The molecule has 7 heteroatoms. The summed E-state index contributed by atoms with van der Waals surface area (Å²) >= 11 is 0. The maximum Gasteiger partial charge on any atom is 0.417 e. The summed E-state index contributed by atoms with van der Waals surface area (Å²) in [6.07, 6.45) is -3.84. The van der Waals surface area contributed by atoms with E-state index in [1.807, 2.05) is 0 Å². The van der Waals surface area contributed by atoms with E-state index in [4.69, 9.17) is 4.74 Å². The second kappa shape index (κ2) is 5.42. The lowest BCUT2D eigenvalue weighted by molar-refractivity contribution is -0.137. The van der Waals surface area contributed by atoms with Crippen LogP contribution in [0.1, 0.15) is 5.56 Å². The number of hydrogen-bond donors (Lipinski definition) is 1. The average molecular weight is 320 g/mol. The molecule has 1 aromatic carbocycles. The number of aromatic amines is 1. The van der Waals surface area contributed by atoms with Crippen LogP contribution < -0.4 is 10.2 Å². The second-order valence-electron chi connectivity index (χ2n) is 4.87. The van der Waals surface area contributed by atoms with E-state index in [2.05, 4.69) is 9.97 Å². The number of rotatable bonds is 2. The standard InChI is InChI=1S/C16H11F3N2O2/c1-23-15-11(6-9(8-20-15)16(17,18)19)13-7-14(22)10-4-2-3-5-12(10)21-13/h2-8H,1H3,(H,21,22). The number of aromatic nitrogens is 2. The van der Waals surface area contributed by atoms with Gasteiger partial charge in [0.2, 0.25) is 5.88 Å². The van der Waals surface area contributed by atoms with E-state index in [9.17, 15) is 18.0 Å². The molecule has 0 bridgehead atoms. The molecule has 0 saturated carbocycles. The second-order valence-corrected chi connectivity index (χ2v) is 4.87. The minimum atomic E-state index is -4.54. The molecule has 1 N–H and O–H groups in total. The zero-order valence-electron chi connectivity index (χ0n) is 11.9. The molecule has 0 saturated heterocycles. The minimum Gasteiger partial charge on any atom is -0.481 e. The van der Waals surface area contributed by atoms with Crippen molar-refractivity contribution in [2.45, 2.75) is 6.18 Å². The lowest BCUT2D eigenvalue weighted by Gasteiger charge is -2.12. The Hall–Kier alpha value is -2.83. The molecular weight excluding hydrogens is 309 g/mol. The molecular formula is C16H11F3N2O2. The normalized spacial score (nSPS) is 11.7. The van der Waals surface area contributed by atoms with E-state index < -0.39 is 11.7 Å². The molecule has 23 heavy (non-hydrogen) atoms. The molecule has 0 aliphatic rings. The predicted octanol–water partition coefficient (Wildman–Crippen LogP) is 3.62. The number of ether oxygens (including phenoxy) is 1. The number of methoxy groups -OCH3 is 1. The number of alkyl halides is 3. The zero-order chi connectivity index (χ0) is 16.6. The molecule has 0 aliphatic carbocycles. The van der Waals surface area contributed by atoms with E-state index in [1.54, 1.807) is 24.3 Å². The van der Waals surface area contributed by atoms with Crippen LogP contribution in [0.2, 0.25) is 0 Å². The van der Waals surface area contributed by atoms with Gasteiger partial charge in [-0.2, -0.15) is 13.2 Å². The van der Waals surface area contributed by atoms with Crippen molar-refractivity contribution in [3.63, 3.8) is 0 Å². The fourth-order valence-electron chi connectivity index (χ4n) is 2.30. The van der Waals surface area contributed by atoms with E-state index in [0.29, 0.717) is 17.1 Å². The Kier molecular flexibility index (Phi) is 3.55. The minimum absolute atomic E-state index is 0.00364. The number of H-pyrrole nitrogens is 1. The highest BCUT2D eigenvalue weighted by Gasteiger charge is 2.32. The van der Waals surface area contributed by atoms with E-state index in [0.717, 1.165) is 6.07 Å². The fourth-order valence-corrected chi connectivity index (χ4v) is 2.30. The molecule has 4 nitrogen and oxygen atoms in total. The Bertz CT molecular complexity index is 932. The number of benzene rings is 1. The highest BCUT2D eigenvalue weighted by Crippen LogP contribution is 2.34. The van der Waals surface area contributed by atoms with Gasteiger partial charge in [0.1, 0.15) is 0 Å². The van der Waals surface area contributed by atoms with E-state index in [-0.39, 0.29) is 22.6 Å². The van der Waals surface area contributed by atoms with Gasteiger partial charge in [0.05, 0.1) is 23.9 Å². The van der Waals surface area contributed by atoms with E-state index in [1.165, 1.54) is 13.2 Å². The average Bonchev–Trinajstić information content (AvgIpc) is 2.53. The molecule has 2 aromatic heterocycles. The first kappa shape index (κ1) is 15.1. The van der Waals surface area contributed by atoms with Crippen LogP contribution in [0.3, 0.4) is 0 Å². The van der Waals surface area contributed by atoms with Crippen LogP contribution in [-0.2, 0) is 6.18 Å². The van der Waals surface area contributed by atoms with Crippen molar-refractivity contribution in [2.75, 3.05) is 7.11 Å². The maximum atomic E-state index is 12.9. The third-order valence-corrected chi connectivity index (χ3v) is 3.40. The van der Waals surface area contributed by atoms with Gasteiger partial charge in [0, 0.05) is 23.2 Å². The van der Waals surface area contributed by atoms with Crippen molar-refractivity contribution < 1.29 is 17.9 Å². The first-order valence-electron chi connectivity index (χ1n) is 6.64. The summed E-state index contributed by atoms with van der Waals surface area (Å²) in [5.41, 5.74) is -0.403. The van der Waals surface area contributed by atoms with E-state index >= 15 is 0 Å². The summed E-state index contributed by atoms with van der Waals surface area (Å²) in [6.45, 7) is 0. The fraction of sp³-hybridized carbons (Fsp3) is 0.125. The molecule has 118 valence electrons. The predicted molar refractivity (Wildman–Crippen MR) is 79.4 cm³/mol. The highest BCUT2D eigenvalue weighted by molar-refractivity contribution is 5.82. The molecule has 0 spiro atoms. The van der Waals surface area contributed by atoms with Crippen LogP contribution in [0.15, 0.2) is 47.4 Å². The van der Waals surface area contributed by atoms with Gasteiger partial charge in [-0.25, -0.2) is 4.98 Å². The summed E-state index contributed by atoms with van der Waals surface area (Å²) < 4.78 is 43.7. The quantitative estimate of drug-likeness (QED) is 0.784. The van der Waals surface area contributed by atoms with Crippen LogP contribution in [0.25, 0.3) is 22.2 Å². The van der Waals surface area contributed by atoms with Gasteiger partial charge < -0.3 is 9.72 Å². The molecule has 0 unspecified atom stereocenters. The summed E-state index contributed by atoms with van der Waals surface area (Å²) in [5, 5.41) is 0.454. The van der Waals surface area contributed by atoms with Gasteiger partial charge in [0.15, 0.2) is 5.43 Å². The highest BCUT2D eigenvalue weighted by atomic mass is 19.4. The molecule has 0 radical (unpaired) electrons. The molecule has 0 aliphatic heterocycles. The monoisotopic (exact) mass is 320 g/mol. The lowest BCUT2D eigenvalue weighted by atomic mass is 10.1. The van der Waals surface area contributed by atoms with Crippen LogP contribution in [0, 0.1) is 0 Å². The Morgan fingerprint density at radius 1 is 1.17 bits per heavy atom. The largest absolute Gasteiger partial charge is 0.481 e. The first-order chi connectivity index (χ1) is 10.9. The molecule has 0 amide bonds. The summed E-state index contributed by atoms with van der Waals surface area (Å²) in [4.78, 5) is 18.8. The molecule has 3 rings (SSSR count). The zero-order valence-corrected chi connectivity index (χ0v) is 11.9. The number of nitrogens with one attached hydrogen (secondary N) is 1. The number of pyridine rings is 2. The van der Waals surface area contributed by atoms with Crippen molar-refractivity contribution in [3.05, 3.63) is 58.4 Å². The third kappa shape index (κ3) is 2.77. The summed E-state index contributed by atoms with van der Waals surface area (Å²) in [6, 6.07) is 8.90. The van der Waals surface area contributed by atoms with Gasteiger partial charge in [-0.05, 0) is 18.2 Å². The van der Waals surface area contributed by atoms with Crippen molar-refractivity contribution in [3.8, 4) is 17.1 Å². The Labute approximate surface area is 128 Å². The third-order valence-electron chi connectivity index (χ3n) is 3.40. The van der Waals surface area contributed by atoms with Crippen molar-refractivity contribution in [1.82, 2.24) is 9.97 Å². The molecule has 2 heterocycles. The molecule has 3 aromatic rings. The molecule has 0 fully saturated rings. The van der Waals surface area contributed by atoms with Crippen molar-refractivity contribution >= 4 is 10.9 Å². The Morgan fingerprint density at radius 2 is 1.91 bits per heavy atom. The molecule has 0 atom stereocenters. The Balaban J connectivity index is 2.27. The number of para-hydroxylation sites is 1. The van der Waals surface area contributed by atoms with Crippen LogP contribution >= 0.6 is 0 Å². The number of halogens is 3. The lowest BCUT2D eigenvalue weighted by Crippen LogP contribution is -2.08. The van der Waals surface area contributed by atoms with Gasteiger partial charge in [-0.3, -0.25) is 4.79 Å². The Morgan fingerprint density at radius 3 is 2.61 bits per heavy atom. The summed E-state index contributed by atoms with van der Waals surface area (Å²) in [7, 11) is 1.30. The SMILES string of the molecule is COc1ncc(C(F)(F)F)cc1-c1cc(=O)c2ccccc2[nH]1. The van der Waals surface area contributed by atoms with Crippen LogP contribution in [0.5, 0.6) is 5.88 Å². The number of hydrogen-bond acceptors (Lipinski definition) is 3. The van der Waals surface area contributed by atoms with Crippen molar-refractivity contribution in [1.29, 1.82) is 0 Å². The van der Waals surface area contributed by atoms with Crippen molar-refractivity contribution in [2.24, 2.45) is 0 Å². The summed E-state index contributed by atoms with van der Waals surface area (Å²) in [5.74, 6) is 0.00364. The van der Waals surface area contributed by atoms with Gasteiger partial charge in [-0.1, -0.05) is 12.1 Å². The maximum absolute atomic E-state index is 12.9.